The van der Waals surface area contributed by atoms with Gasteiger partial charge in [-0.1, -0.05) is 65.2 Å². The molecule has 0 bridgehead atoms. The average Bonchev–Trinajstić information content (AvgIpc) is 2.97. The number of rotatable bonds is 11. The molecule has 1 aromatic carbocycles. The lowest BCUT2D eigenvalue weighted by molar-refractivity contribution is 0.335. The second kappa shape index (κ2) is 10.2. The third-order valence-electron chi connectivity index (χ3n) is 5.70. The number of unbranched alkanes of at least 4 members (excludes halogenated alkanes) is 6. The first-order chi connectivity index (χ1) is 11.7. The van der Waals surface area contributed by atoms with Gasteiger partial charge in [-0.2, -0.15) is 0 Å². The smallest absolute Gasteiger partial charge is 0.129 e. The summed E-state index contributed by atoms with van der Waals surface area (Å²) < 4.78 is 27.9. The van der Waals surface area contributed by atoms with Crippen LogP contribution in [0, 0.1) is 17.6 Å². The molecule has 0 fully saturated rings. The first kappa shape index (κ1) is 19.4. The summed E-state index contributed by atoms with van der Waals surface area (Å²) in [5.74, 6) is 0.151. The van der Waals surface area contributed by atoms with Crippen molar-refractivity contribution in [1.82, 2.24) is 0 Å². The molecule has 1 aromatic rings. The van der Waals surface area contributed by atoms with Crippen molar-refractivity contribution in [3.63, 3.8) is 0 Å². The molecule has 1 aliphatic rings. The highest BCUT2D eigenvalue weighted by molar-refractivity contribution is 5.37. The van der Waals surface area contributed by atoms with E-state index in [4.69, 9.17) is 0 Å². The molecule has 0 heterocycles. The molecule has 0 N–H and O–H groups in total. The Morgan fingerprint density at radius 3 is 2.12 bits per heavy atom. The molecule has 24 heavy (non-hydrogen) atoms. The molecular formula is C22H34F2. The Kier molecular flexibility index (Phi) is 8.21. The van der Waals surface area contributed by atoms with E-state index in [1.165, 1.54) is 64.2 Å². The fourth-order valence-corrected chi connectivity index (χ4v) is 4.40. The number of halogens is 2. The summed E-state index contributed by atoms with van der Waals surface area (Å²) in [4.78, 5) is 0. The van der Waals surface area contributed by atoms with E-state index in [0.29, 0.717) is 11.8 Å². The minimum Gasteiger partial charge on any atom is -0.207 e. The van der Waals surface area contributed by atoms with E-state index in [-0.39, 0.29) is 5.82 Å². The molecule has 0 spiro atoms. The molecule has 0 aliphatic heterocycles. The fraction of sp³-hybridized carbons (Fsp3) is 0.727. The molecule has 0 amide bonds. The van der Waals surface area contributed by atoms with E-state index >= 15 is 0 Å². The van der Waals surface area contributed by atoms with Crippen LogP contribution in [-0.2, 0) is 6.42 Å². The third kappa shape index (κ3) is 5.29. The molecule has 1 unspecified atom stereocenters. The first-order valence-electron chi connectivity index (χ1n) is 10.1. The molecule has 136 valence electrons. The lowest BCUT2D eigenvalue weighted by Crippen LogP contribution is -2.13. The maximum atomic E-state index is 14.4. The number of hydrogen-bond donors (Lipinski definition) is 0. The molecule has 1 atom stereocenters. The first-order valence-corrected chi connectivity index (χ1v) is 10.1. The van der Waals surface area contributed by atoms with Crippen LogP contribution < -0.4 is 0 Å². The Morgan fingerprint density at radius 1 is 0.917 bits per heavy atom. The van der Waals surface area contributed by atoms with Gasteiger partial charge in [-0.15, -0.1) is 0 Å². The van der Waals surface area contributed by atoms with Gasteiger partial charge in [0.05, 0.1) is 0 Å². The molecule has 0 radical (unpaired) electrons. The third-order valence-corrected chi connectivity index (χ3v) is 5.70. The number of hydrogen-bond acceptors (Lipinski definition) is 0. The van der Waals surface area contributed by atoms with Crippen molar-refractivity contribution < 1.29 is 8.78 Å². The van der Waals surface area contributed by atoms with Gasteiger partial charge in [0.25, 0.3) is 0 Å². The van der Waals surface area contributed by atoms with Crippen molar-refractivity contribution in [2.24, 2.45) is 5.92 Å². The molecule has 0 saturated heterocycles. The maximum absolute atomic E-state index is 14.4. The molecular weight excluding hydrogens is 302 g/mol. The van der Waals surface area contributed by atoms with Gasteiger partial charge in [0.2, 0.25) is 0 Å². The van der Waals surface area contributed by atoms with Crippen molar-refractivity contribution in [2.45, 2.75) is 96.8 Å². The van der Waals surface area contributed by atoms with E-state index in [0.717, 1.165) is 30.0 Å². The summed E-state index contributed by atoms with van der Waals surface area (Å²) in [6.07, 6.45) is 14.4. The summed E-state index contributed by atoms with van der Waals surface area (Å²) in [6.45, 7) is 4.47. The van der Waals surface area contributed by atoms with E-state index in [1.54, 1.807) is 6.07 Å². The van der Waals surface area contributed by atoms with Crippen molar-refractivity contribution >= 4 is 0 Å². The van der Waals surface area contributed by atoms with E-state index in [9.17, 15) is 8.78 Å². The maximum Gasteiger partial charge on any atom is 0.129 e. The van der Waals surface area contributed by atoms with Gasteiger partial charge in [-0.3, -0.25) is 0 Å². The predicted octanol–water partition coefficient (Wildman–Crippen LogP) is 7.55. The molecule has 2 heteroatoms. The van der Waals surface area contributed by atoms with Crippen LogP contribution in [0.3, 0.4) is 0 Å². The standard InChI is InChI=1S/C22H34F2/c1-3-5-7-9-11-17(12-10-8-6-4-2)20-14-13-18-15-19(23)16-21(24)22(18)20/h15-17,20H,3-14H2,1-2H3. The van der Waals surface area contributed by atoms with Crippen molar-refractivity contribution in [3.05, 3.63) is 34.9 Å². The van der Waals surface area contributed by atoms with Crippen LogP contribution in [0.25, 0.3) is 0 Å². The van der Waals surface area contributed by atoms with Crippen LogP contribution in [0.2, 0.25) is 0 Å². The number of fused-ring (bicyclic) bond motifs is 1. The molecule has 0 nitrogen and oxygen atoms in total. The molecule has 1 aliphatic carbocycles. The van der Waals surface area contributed by atoms with Gasteiger partial charge in [0.15, 0.2) is 0 Å². The van der Waals surface area contributed by atoms with Gasteiger partial charge >= 0.3 is 0 Å². The highest BCUT2D eigenvalue weighted by Crippen LogP contribution is 2.44. The highest BCUT2D eigenvalue weighted by atomic mass is 19.1. The van der Waals surface area contributed by atoms with E-state index < -0.39 is 5.82 Å². The predicted molar refractivity (Wildman–Crippen MR) is 98.4 cm³/mol. The molecule has 2 rings (SSSR count). The Hall–Kier alpha value is -0.920. The zero-order chi connectivity index (χ0) is 17.4. The Bertz CT molecular complexity index is 483. The minimum absolute atomic E-state index is 0.306. The Balaban J connectivity index is 2.04. The van der Waals surface area contributed by atoms with E-state index in [1.807, 2.05) is 0 Å². The Labute approximate surface area is 147 Å². The summed E-state index contributed by atoms with van der Waals surface area (Å²) in [7, 11) is 0. The molecule has 0 saturated carbocycles. The fourth-order valence-electron chi connectivity index (χ4n) is 4.40. The van der Waals surface area contributed by atoms with Gasteiger partial charge in [0, 0.05) is 6.07 Å². The topological polar surface area (TPSA) is 0 Å². The lowest BCUT2D eigenvalue weighted by Gasteiger charge is -2.25. The second-order valence-corrected chi connectivity index (χ2v) is 7.56. The summed E-state index contributed by atoms with van der Waals surface area (Å²) in [5.41, 5.74) is 1.76. The zero-order valence-corrected chi connectivity index (χ0v) is 15.6. The zero-order valence-electron chi connectivity index (χ0n) is 15.6. The highest BCUT2D eigenvalue weighted by Gasteiger charge is 2.32. The Morgan fingerprint density at radius 2 is 1.54 bits per heavy atom. The SMILES string of the molecule is CCCCCCC(CCCCCC)C1CCc2cc(F)cc(F)c21. The summed E-state index contributed by atoms with van der Waals surface area (Å²) in [5, 5.41) is 0. The second-order valence-electron chi connectivity index (χ2n) is 7.56. The van der Waals surface area contributed by atoms with Crippen molar-refractivity contribution in [3.8, 4) is 0 Å². The van der Waals surface area contributed by atoms with Crippen LogP contribution in [0.4, 0.5) is 8.78 Å². The minimum atomic E-state index is -0.422. The van der Waals surface area contributed by atoms with Gasteiger partial charge in [0.1, 0.15) is 11.6 Å². The largest absolute Gasteiger partial charge is 0.207 e. The average molecular weight is 337 g/mol. The summed E-state index contributed by atoms with van der Waals surface area (Å²) >= 11 is 0. The van der Waals surface area contributed by atoms with Crippen molar-refractivity contribution in [2.75, 3.05) is 0 Å². The lowest BCUT2D eigenvalue weighted by atomic mass is 9.80. The van der Waals surface area contributed by atoms with E-state index in [2.05, 4.69) is 13.8 Å². The van der Waals surface area contributed by atoms with Crippen LogP contribution in [0.5, 0.6) is 0 Å². The van der Waals surface area contributed by atoms with Gasteiger partial charge in [-0.05, 0) is 54.7 Å². The number of benzene rings is 1. The number of aryl methyl sites for hydroxylation is 1. The van der Waals surface area contributed by atoms with Crippen LogP contribution in [0.1, 0.15) is 102 Å². The molecule has 0 aromatic heterocycles. The monoisotopic (exact) mass is 336 g/mol. The quantitative estimate of drug-likeness (QED) is 0.366. The van der Waals surface area contributed by atoms with Crippen LogP contribution >= 0.6 is 0 Å². The van der Waals surface area contributed by atoms with Crippen LogP contribution in [0.15, 0.2) is 12.1 Å². The normalized spacial score (nSPS) is 16.8. The van der Waals surface area contributed by atoms with Crippen LogP contribution in [-0.4, -0.2) is 0 Å². The van der Waals surface area contributed by atoms with Crippen molar-refractivity contribution in [1.29, 1.82) is 0 Å². The summed E-state index contributed by atoms with van der Waals surface area (Å²) in [6, 6.07) is 2.64. The van der Waals surface area contributed by atoms with Gasteiger partial charge in [-0.25, -0.2) is 8.78 Å². The van der Waals surface area contributed by atoms with Gasteiger partial charge < -0.3 is 0 Å².